The lowest BCUT2D eigenvalue weighted by Gasteiger charge is -2.10. The zero-order valence-electron chi connectivity index (χ0n) is 15.8. The maximum atomic E-state index is 11.1. The van der Waals surface area contributed by atoms with Gasteiger partial charge in [-0.3, -0.25) is 0 Å². The molecule has 0 bridgehead atoms. The highest BCUT2D eigenvalue weighted by atomic mass is 16.5. The summed E-state index contributed by atoms with van der Waals surface area (Å²) < 4.78 is 15.7. The number of benzene rings is 1. The zero-order chi connectivity index (χ0) is 18.7. The molecule has 0 amide bonds. The van der Waals surface area contributed by atoms with Crippen LogP contribution in [-0.4, -0.2) is 26.8 Å². The summed E-state index contributed by atoms with van der Waals surface area (Å²) in [5.41, 5.74) is 3.48. The molecule has 0 unspecified atom stereocenters. The Balaban J connectivity index is 2.65. The van der Waals surface area contributed by atoms with Gasteiger partial charge in [-0.2, -0.15) is 0 Å². The predicted octanol–water partition coefficient (Wildman–Crippen LogP) is 4.95. The van der Waals surface area contributed by atoms with Gasteiger partial charge in [0, 0.05) is 6.08 Å². The molecule has 25 heavy (non-hydrogen) atoms. The Morgan fingerprint density at radius 1 is 1.08 bits per heavy atom. The average Bonchev–Trinajstić information content (AvgIpc) is 2.59. The molecule has 0 aliphatic heterocycles. The van der Waals surface area contributed by atoms with Crippen molar-refractivity contribution in [2.45, 2.75) is 33.6 Å². The van der Waals surface area contributed by atoms with Gasteiger partial charge in [-0.05, 0) is 63.5 Å². The topological polar surface area (TPSA) is 44.8 Å². The molecule has 0 radical (unpaired) electrons. The van der Waals surface area contributed by atoms with Crippen molar-refractivity contribution < 1.29 is 19.0 Å². The molecule has 4 heteroatoms. The maximum Gasteiger partial charge on any atom is 0.330 e. The van der Waals surface area contributed by atoms with Crippen LogP contribution < -0.4 is 9.47 Å². The highest BCUT2D eigenvalue weighted by Crippen LogP contribution is 2.28. The summed E-state index contributed by atoms with van der Waals surface area (Å²) in [4.78, 5) is 11.1. The number of hydrogen-bond acceptors (Lipinski definition) is 4. The minimum Gasteiger partial charge on any atom is -0.493 e. The van der Waals surface area contributed by atoms with Crippen LogP contribution in [0.4, 0.5) is 0 Å². The fraction of sp³-hybridized carbons (Fsp3) is 0.381. The Morgan fingerprint density at radius 2 is 1.84 bits per heavy atom. The lowest BCUT2D eigenvalue weighted by atomic mass is 10.1. The van der Waals surface area contributed by atoms with Gasteiger partial charge in [0.2, 0.25) is 0 Å². The normalized spacial score (nSPS) is 11.3. The first kappa shape index (κ1) is 20.6. The third-order valence-corrected chi connectivity index (χ3v) is 3.56. The summed E-state index contributed by atoms with van der Waals surface area (Å²) in [7, 11) is 2.94. The number of rotatable bonds is 9. The molecule has 1 aromatic carbocycles. The van der Waals surface area contributed by atoms with Crippen LogP contribution in [0.15, 0.2) is 47.6 Å². The fourth-order valence-electron chi connectivity index (χ4n) is 2.10. The number of allylic oxidation sites excluding steroid dienone is 3. The summed E-state index contributed by atoms with van der Waals surface area (Å²) in [6.07, 6.45) is 9.45. The zero-order valence-corrected chi connectivity index (χ0v) is 15.8. The van der Waals surface area contributed by atoms with Crippen LogP contribution in [-0.2, 0) is 9.53 Å². The van der Waals surface area contributed by atoms with Gasteiger partial charge in [0.25, 0.3) is 0 Å². The van der Waals surface area contributed by atoms with Crippen molar-refractivity contribution in [3.05, 3.63) is 53.1 Å². The predicted molar refractivity (Wildman–Crippen MR) is 102 cm³/mol. The van der Waals surface area contributed by atoms with Gasteiger partial charge < -0.3 is 14.2 Å². The molecule has 0 aliphatic carbocycles. The van der Waals surface area contributed by atoms with Gasteiger partial charge in [0.15, 0.2) is 11.5 Å². The minimum absolute atomic E-state index is 0.395. The van der Waals surface area contributed by atoms with Crippen molar-refractivity contribution in [3.63, 3.8) is 0 Å². The molecule has 0 saturated heterocycles. The molecule has 1 aromatic rings. The van der Waals surface area contributed by atoms with E-state index >= 15 is 0 Å². The Hall–Kier alpha value is -2.49. The molecule has 0 spiro atoms. The van der Waals surface area contributed by atoms with Crippen LogP contribution in [0.5, 0.6) is 11.5 Å². The van der Waals surface area contributed by atoms with Crippen LogP contribution in [0.2, 0.25) is 0 Å². The summed E-state index contributed by atoms with van der Waals surface area (Å²) in [6.45, 7) is 6.82. The van der Waals surface area contributed by atoms with Crippen LogP contribution in [0.1, 0.15) is 39.2 Å². The minimum atomic E-state index is -0.395. The molecular weight excluding hydrogens is 316 g/mol. The second kappa shape index (κ2) is 11.1. The Labute approximate surface area is 150 Å². The van der Waals surface area contributed by atoms with E-state index in [1.54, 1.807) is 13.2 Å². The lowest BCUT2D eigenvalue weighted by Crippen LogP contribution is -1.98. The van der Waals surface area contributed by atoms with E-state index in [0.29, 0.717) is 18.1 Å². The summed E-state index contributed by atoms with van der Waals surface area (Å²) in [5, 5.41) is 0. The van der Waals surface area contributed by atoms with Gasteiger partial charge >= 0.3 is 5.97 Å². The first-order valence-electron chi connectivity index (χ1n) is 8.32. The van der Waals surface area contributed by atoms with E-state index in [4.69, 9.17) is 9.47 Å². The van der Waals surface area contributed by atoms with Crippen molar-refractivity contribution in [2.24, 2.45) is 0 Å². The number of hydrogen-bond donors (Lipinski definition) is 0. The number of ether oxygens (including phenoxy) is 3. The molecule has 1 rings (SSSR count). The standard InChI is InChI=1S/C21H28O4/c1-16(2)7-6-8-17(3)13-14-25-19-11-9-18(15-20(19)23-4)10-12-21(22)24-5/h7,9-13,15H,6,8,14H2,1-5H3/b12-10?,17-13+. The van der Waals surface area contributed by atoms with Crippen LogP contribution in [0, 0.1) is 0 Å². The quantitative estimate of drug-likeness (QED) is 0.361. The van der Waals surface area contributed by atoms with E-state index in [-0.39, 0.29) is 0 Å². The molecule has 136 valence electrons. The van der Waals surface area contributed by atoms with E-state index < -0.39 is 5.97 Å². The van der Waals surface area contributed by atoms with Crippen molar-refractivity contribution in [3.8, 4) is 11.5 Å². The monoisotopic (exact) mass is 344 g/mol. The lowest BCUT2D eigenvalue weighted by molar-refractivity contribution is -0.134. The molecule has 0 saturated carbocycles. The fourth-order valence-corrected chi connectivity index (χ4v) is 2.10. The Kier molecular flexibility index (Phi) is 9.15. The second-order valence-corrected chi connectivity index (χ2v) is 5.95. The summed E-state index contributed by atoms with van der Waals surface area (Å²) in [5.74, 6) is 0.904. The first-order valence-corrected chi connectivity index (χ1v) is 8.32. The third kappa shape index (κ3) is 8.25. The smallest absolute Gasteiger partial charge is 0.330 e. The molecular formula is C21H28O4. The second-order valence-electron chi connectivity index (χ2n) is 5.95. The number of esters is 1. The van der Waals surface area contributed by atoms with E-state index in [9.17, 15) is 4.79 Å². The van der Waals surface area contributed by atoms with E-state index in [2.05, 4.69) is 37.7 Å². The van der Waals surface area contributed by atoms with Gasteiger partial charge in [-0.1, -0.05) is 23.3 Å². The summed E-state index contributed by atoms with van der Waals surface area (Å²) in [6, 6.07) is 5.52. The molecule has 0 N–H and O–H groups in total. The molecule has 0 aromatic heterocycles. The SMILES string of the molecule is COC(=O)C=Cc1ccc(OC/C=C(\C)CCC=C(C)C)c(OC)c1. The first-order chi connectivity index (χ1) is 12.0. The highest BCUT2D eigenvalue weighted by molar-refractivity contribution is 5.87. The third-order valence-electron chi connectivity index (χ3n) is 3.56. The Bertz CT molecular complexity index is 650. The van der Waals surface area contributed by atoms with Crippen LogP contribution >= 0.6 is 0 Å². The van der Waals surface area contributed by atoms with Crippen LogP contribution in [0.3, 0.4) is 0 Å². The molecule has 0 aliphatic rings. The largest absolute Gasteiger partial charge is 0.493 e. The Morgan fingerprint density at radius 3 is 2.48 bits per heavy atom. The highest BCUT2D eigenvalue weighted by Gasteiger charge is 2.04. The molecule has 4 nitrogen and oxygen atoms in total. The molecule has 0 heterocycles. The van der Waals surface area contributed by atoms with Gasteiger partial charge in [-0.25, -0.2) is 4.79 Å². The van der Waals surface area contributed by atoms with E-state index in [1.807, 2.05) is 18.2 Å². The average molecular weight is 344 g/mol. The van der Waals surface area contributed by atoms with Gasteiger partial charge in [-0.15, -0.1) is 0 Å². The number of methoxy groups -OCH3 is 2. The van der Waals surface area contributed by atoms with Crippen molar-refractivity contribution in [1.82, 2.24) is 0 Å². The van der Waals surface area contributed by atoms with E-state index in [1.165, 1.54) is 24.3 Å². The van der Waals surface area contributed by atoms with Gasteiger partial charge in [0.05, 0.1) is 14.2 Å². The van der Waals surface area contributed by atoms with Crippen molar-refractivity contribution >= 4 is 12.0 Å². The van der Waals surface area contributed by atoms with Crippen molar-refractivity contribution in [1.29, 1.82) is 0 Å². The molecule has 0 fully saturated rings. The maximum absolute atomic E-state index is 11.1. The molecule has 0 atom stereocenters. The summed E-state index contributed by atoms with van der Waals surface area (Å²) >= 11 is 0. The van der Waals surface area contributed by atoms with Crippen molar-refractivity contribution in [2.75, 3.05) is 20.8 Å². The number of carbonyl (C=O) groups is 1. The van der Waals surface area contributed by atoms with Crippen LogP contribution in [0.25, 0.3) is 6.08 Å². The number of carbonyl (C=O) groups excluding carboxylic acids is 1. The van der Waals surface area contributed by atoms with Gasteiger partial charge in [0.1, 0.15) is 6.61 Å². The van der Waals surface area contributed by atoms with E-state index in [0.717, 1.165) is 18.4 Å².